The summed E-state index contributed by atoms with van der Waals surface area (Å²) in [4.78, 5) is 61.6. The van der Waals surface area contributed by atoms with Gasteiger partial charge in [-0.15, -0.1) is 0 Å². The maximum Gasteiger partial charge on any atom is 0.407 e. The largest absolute Gasteiger partial charge is 0.458 e. The molecular formula is C70H85N5O13Si. The average Bonchev–Trinajstić information content (AvgIpc) is 1.68. The van der Waals surface area contributed by atoms with Crippen LogP contribution in [0.4, 0.5) is 4.79 Å². The number of carbonyl (C=O) groups excluding carboxylic acids is 2. The van der Waals surface area contributed by atoms with Crippen LogP contribution in [0.15, 0.2) is 140 Å². The first kappa shape index (κ1) is 64.5. The number of ether oxygens (including phenoxy) is 4. The third-order valence-corrected chi connectivity index (χ3v) is 22.4. The fourth-order valence-electron chi connectivity index (χ4n) is 11.6. The van der Waals surface area contributed by atoms with Crippen molar-refractivity contribution in [3.8, 4) is 33.8 Å². The number of carbonyl (C=O) groups is 2. The summed E-state index contributed by atoms with van der Waals surface area (Å²) in [5.74, 6) is 0.185. The average molecular weight is 1230 g/mol. The second kappa shape index (κ2) is 28.1. The predicted octanol–water partition coefficient (Wildman–Crippen LogP) is 13.2. The van der Waals surface area contributed by atoms with Crippen molar-refractivity contribution in [1.82, 2.24) is 24.4 Å². The number of furan rings is 2. The Morgan fingerprint density at radius 3 is 1.66 bits per heavy atom. The van der Waals surface area contributed by atoms with Crippen molar-refractivity contribution < 1.29 is 52.0 Å². The lowest BCUT2D eigenvalue weighted by atomic mass is 9.98. The molecule has 1 aliphatic carbocycles. The van der Waals surface area contributed by atoms with Crippen LogP contribution in [0.1, 0.15) is 140 Å². The summed E-state index contributed by atoms with van der Waals surface area (Å²) < 4.78 is 45.3. The molecule has 8 aromatic rings. The molecule has 3 N–H and O–H groups in total. The van der Waals surface area contributed by atoms with Gasteiger partial charge in [0.05, 0.1) is 30.1 Å². The molecular weight excluding hydrogens is 1150 g/mol. The molecule has 0 bridgehead atoms. The van der Waals surface area contributed by atoms with Crippen LogP contribution in [0, 0.1) is 5.92 Å². The molecule has 19 heteroatoms. The number of aliphatic hydroxyl groups excluding tert-OH is 2. The van der Waals surface area contributed by atoms with E-state index in [1.807, 2.05) is 74.5 Å². The number of aromatic nitrogens is 4. The van der Waals surface area contributed by atoms with Crippen LogP contribution < -0.4 is 16.7 Å². The van der Waals surface area contributed by atoms with E-state index in [0.29, 0.717) is 22.3 Å². The Hall–Kier alpha value is -7.52. The number of hydrogen-bond acceptors (Lipinski definition) is 15. The molecule has 7 atom stereocenters. The molecule has 11 rings (SSSR count). The van der Waals surface area contributed by atoms with Crippen molar-refractivity contribution in [3.05, 3.63) is 165 Å². The van der Waals surface area contributed by atoms with Crippen LogP contribution >= 0.6 is 0 Å². The molecule has 6 heterocycles. The van der Waals surface area contributed by atoms with Crippen molar-refractivity contribution >= 4 is 42.6 Å². The van der Waals surface area contributed by atoms with E-state index < -0.39 is 74.7 Å². The lowest BCUT2D eigenvalue weighted by Crippen LogP contribution is -2.48. The van der Waals surface area contributed by atoms with E-state index in [1.54, 1.807) is 12.4 Å². The molecule has 4 aromatic heterocycles. The maximum absolute atomic E-state index is 14.0. The van der Waals surface area contributed by atoms with Crippen molar-refractivity contribution in [2.75, 3.05) is 19.8 Å². The highest BCUT2D eigenvalue weighted by Gasteiger charge is 2.45. The SMILES string of the molecule is CCCCCc1ccc(-c2cc3cn([C@H]4CC(O)[C@@H](CO)O4)c(=O)nc3o2)cc1.CCCCCc1ccc(-c2cc3cn([C@H]4CC(OC(=O)C(NC(=O)OCC5c6ccccc6-c6ccccc65)C(C)C)[C@@H](CO[Si](C)(C)C(C)(C)C)O4)c(=O)nc3o2)cc1. The first-order valence-electron chi connectivity index (χ1n) is 31.5. The minimum Gasteiger partial charge on any atom is -0.458 e. The molecule has 0 spiro atoms. The van der Waals surface area contributed by atoms with Crippen LogP contribution in [0.3, 0.4) is 0 Å². The van der Waals surface area contributed by atoms with Crippen molar-refractivity contribution in [1.29, 1.82) is 0 Å². The molecule has 0 saturated carbocycles. The van der Waals surface area contributed by atoms with Crippen LogP contribution in [0.25, 0.3) is 56.0 Å². The molecule has 2 fully saturated rings. The van der Waals surface area contributed by atoms with Gasteiger partial charge in [-0.2, -0.15) is 9.97 Å². The summed E-state index contributed by atoms with van der Waals surface area (Å²) in [5.41, 5.74) is 8.27. The standard InChI is InChI=1S/C48H59N3O8Si.C22H26N2O5/c1-9-10-11-16-31-21-23-32(24-22-31)39-25-33-27-51(46(53)50-44(33)58-39)42-26-40(41(57-42)29-56-60(7,8)48(4,5)6)59-45(52)43(30(2)3)49-47(54)55-28-38-36-19-14-12-17-34(36)35-18-13-15-20-37(35)38;1-2-3-4-5-14-6-8-15(9-7-14)18-10-16-12-24(22(27)23-21(16)29-18)20-11-17(26)19(13-25)28-20/h12-15,17-25,27,30,38,40-43H,9-11,16,26,28-29H2,1-8H3,(H,49,54);6-10,12,17,19-20,25-26H,2-5,11,13H2,1H3/t40?,41-,42-,43?;17?,19-,20-/m11/s1. The highest BCUT2D eigenvalue weighted by molar-refractivity contribution is 6.74. The first-order valence-corrected chi connectivity index (χ1v) is 34.4. The van der Waals surface area contributed by atoms with Crippen molar-refractivity contribution in [3.63, 3.8) is 0 Å². The number of hydrogen-bond donors (Lipinski definition) is 3. The fourth-order valence-corrected chi connectivity index (χ4v) is 12.6. The minimum absolute atomic E-state index is 0.0763. The van der Waals surface area contributed by atoms with Gasteiger partial charge < -0.3 is 47.7 Å². The van der Waals surface area contributed by atoms with Crippen LogP contribution in [0.5, 0.6) is 0 Å². The monoisotopic (exact) mass is 1230 g/mol. The molecule has 0 radical (unpaired) electrons. The number of esters is 1. The molecule has 89 heavy (non-hydrogen) atoms. The van der Waals surface area contributed by atoms with Crippen molar-refractivity contribution in [2.45, 2.75) is 180 Å². The van der Waals surface area contributed by atoms with E-state index in [4.69, 9.17) is 32.2 Å². The van der Waals surface area contributed by atoms with Gasteiger partial charge in [0.2, 0.25) is 11.4 Å². The van der Waals surface area contributed by atoms with Gasteiger partial charge in [0.25, 0.3) is 0 Å². The second-order valence-electron chi connectivity index (χ2n) is 25.6. The van der Waals surface area contributed by atoms with E-state index in [0.717, 1.165) is 52.6 Å². The van der Waals surface area contributed by atoms with Crippen LogP contribution in [-0.4, -0.2) is 100.0 Å². The summed E-state index contributed by atoms with van der Waals surface area (Å²) in [6.07, 6.45) is 7.82. The number of alkyl carbamates (subject to hydrolysis) is 1. The minimum atomic E-state index is -2.25. The van der Waals surface area contributed by atoms with Gasteiger partial charge in [0, 0.05) is 42.3 Å². The Bertz CT molecular complexity index is 3800. The third kappa shape index (κ3) is 14.9. The summed E-state index contributed by atoms with van der Waals surface area (Å²) in [6.45, 7) is 18.8. The molecule has 1 amide bonds. The van der Waals surface area contributed by atoms with Crippen LogP contribution in [0.2, 0.25) is 18.1 Å². The van der Waals surface area contributed by atoms with E-state index >= 15 is 0 Å². The zero-order valence-corrected chi connectivity index (χ0v) is 53.6. The van der Waals surface area contributed by atoms with E-state index in [-0.39, 0.29) is 61.0 Å². The Kier molecular flexibility index (Phi) is 20.4. The molecule has 3 unspecified atom stereocenters. The smallest absolute Gasteiger partial charge is 0.407 e. The highest BCUT2D eigenvalue weighted by Crippen LogP contribution is 2.45. The normalized spacial score (nSPS) is 19.5. The van der Waals surface area contributed by atoms with E-state index in [2.05, 4.69) is 112 Å². The van der Waals surface area contributed by atoms with Gasteiger partial charge in [0.15, 0.2) is 8.32 Å². The van der Waals surface area contributed by atoms with Gasteiger partial charge >= 0.3 is 23.4 Å². The molecule has 18 nitrogen and oxygen atoms in total. The van der Waals surface area contributed by atoms with Gasteiger partial charge in [-0.1, -0.05) is 171 Å². The second-order valence-corrected chi connectivity index (χ2v) is 30.4. The Morgan fingerprint density at radius 1 is 0.697 bits per heavy atom. The summed E-state index contributed by atoms with van der Waals surface area (Å²) in [7, 11) is -2.25. The number of aryl methyl sites for hydroxylation is 2. The summed E-state index contributed by atoms with van der Waals surface area (Å²) in [5, 5.41) is 23.2. The summed E-state index contributed by atoms with van der Waals surface area (Å²) in [6, 6.07) is 35.5. The number of unbranched alkanes of at least 4 members (excludes halogenated alkanes) is 4. The maximum atomic E-state index is 14.0. The molecule has 472 valence electrons. The number of nitrogens with one attached hydrogen (secondary N) is 1. The summed E-state index contributed by atoms with van der Waals surface area (Å²) >= 11 is 0. The number of fused-ring (bicyclic) bond motifs is 5. The van der Waals surface area contributed by atoms with Gasteiger partial charge in [-0.05, 0) is 95.2 Å². The number of rotatable bonds is 22. The van der Waals surface area contributed by atoms with Gasteiger partial charge in [-0.25, -0.2) is 19.2 Å². The van der Waals surface area contributed by atoms with E-state index in [9.17, 15) is 29.4 Å². The third-order valence-electron chi connectivity index (χ3n) is 17.9. The van der Waals surface area contributed by atoms with Gasteiger partial charge in [-0.3, -0.25) is 9.13 Å². The highest BCUT2D eigenvalue weighted by atomic mass is 28.4. The van der Waals surface area contributed by atoms with Crippen LogP contribution in [-0.2, 0) is 41.0 Å². The number of nitrogens with zero attached hydrogens (tertiary/aromatic N) is 4. The molecule has 2 aliphatic heterocycles. The number of amides is 1. The number of aliphatic hydroxyl groups is 2. The fraction of sp³-hybridized carbons (Fsp3) is 0.457. The molecule has 3 aliphatic rings. The van der Waals surface area contributed by atoms with Gasteiger partial charge in [0.1, 0.15) is 54.9 Å². The number of benzene rings is 4. The first-order chi connectivity index (χ1) is 42.7. The zero-order chi connectivity index (χ0) is 63.1. The lowest BCUT2D eigenvalue weighted by molar-refractivity contribution is -0.156. The topological polar surface area (TPSA) is 229 Å². The quantitative estimate of drug-likeness (QED) is 0.0326. The van der Waals surface area contributed by atoms with E-state index in [1.165, 1.54) is 52.4 Å². The Morgan fingerprint density at radius 2 is 1.19 bits per heavy atom. The predicted molar refractivity (Wildman–Crippen MR) is 344 cm³/mol. The Balaban J connectivity index is 0.000000250. The molecule has 4 aromatic carbocycles. The molecule has 2 saturated heterocycles. The zero-order valence-electron chi connectivity index (χ0n) is 52.6. The lowest BCUT2D eigenvalue weighted by Gasteiger charge is -2.37. The Labute approximate surface area is 520 Å². The van der Waals surface area contributed by atoms with Crippen molar-refractivity contribution in [2.24, 2.45) is 5.92 Å².